The highest BCUT2D eigenvalue weighted by Gasteiger charge is 2.25. The Kier molecular flexibility index (Phi) is 5.79. The van der Waals surface area contributed by atoms with Gasteiger partial charge in [0.05, 0.1) is 4.90 Å². The van der Waals surface area contributed by atoms with Gasteiger partial charge in [-0.25, -0.2) is 8.42 Å². The number of sulfonamides is 1. The molecule has 0 heterocycles. The van der Waals surface area contributed by atoms with Crippen LogP contribution in [0.25, 0.3) is 0 Å². The average molecular weight is 320 g/mol. The SMILES string of the molecule is CCN(CC(C)C(N)=NO)S(=O)(=O)c1cccc(Cl)c1. The minimum Gasteiger partial charge on any atom is -0.409 e. The normalized spacial score (nSPS) is 14.5. The number of nitrogens with zero attached hydrogens (tertiary/aromatic N) is 2. The first-order chi connectivity index (χ1) is 9.32. The Morgan fingerprint density at radius 2 is 2.20 bits per heavy atom. The summed E-state index contributed by atoms with van der Waals surface area (Å²) in [4.78, 5) is 0.124. The van der Waals surface area contributed by atoms with Crippen LogP contribution in [-0.2, 0) is 10.0 Å². The van der Waals surface area contributed by atoms with Gasteiger partial charge >= 0.3 is 0 Å². The summed E-state index contributed by atoms with van der Waals surface area (Å²) in [5, 5.41) is 11.9. The highest BCUT2D eigenvalue weighted by Crippen LogP contribution is 2.20. The van der Waals surface area contributed by atoms with E-state index in [1.54, 1.807) is 26.0 Å². The van der Waals surface area contributed by atoms with E-state index in [2.05, 4.69) is 5.16 Å². The zero-order valence-electron chi connectivity index (χ0n) is 11.3. The van der Waals surface area contributed by atoms with Crippen LogP contribution in [0, 0.1) is 5.92 Å². The van der Waals surface area contributed by atoms with Crippen LogP contribution in [0.5, 0.6) is 0 Å². The molecule has 1 aromatic carbocycles. The predicted octanol–water partition coefficient (Wildman–Crippen LogP) is 1.73. The van der Waals surface area contributed by atoms with Crippen molar-refractivity contribution >= 4 is 27.5 Å². The van der Waals surface area contributed by atoms with E-state index in [1.165, 1.54) is 16.4 Å². The number of oxime groups is 1. The molecular formula is C12H18ClN3O3S. The van der Waals surface area contributed by atoms with Crippen molar-refractivity contribution in [2.45, 2.75) is 18.7 Å². The maximum Gasteiger partial charge on any atom is 0.243 e. The van der Waals surface area contributed by atoms with E-state index in [-0.39, 0.29) is 23.8 Å². The molecule has 1 unspecified atom stereocenters. The van der Waals surface area contributed by atoms with Crippen LogP contribution in [0.1, 0.15) is 13.8 Å². The molecule has 1 rings (SSSR count). The first-order valence-electron chi connectivity index (χ1n) is 6.06. The molecule has 1 atom stereocenters. The van der Waals surface area contributed by atoms with Crippen molar-refractivity contribution in [2.24, 2.45) is 16.8 Å². The van der Waals surface area contributed by atoms with Gasteiger partial charge in [-0.15, -0.1) is 0 Å². The monoisotopic (exact) mass is 319 g/mol. The molecule has 0 aromatic heterocycles. The van der Waals surface area contributed by atoms with Crippen molar-refractivity contribution < 1.29 is 13.6 Å². The molecule has 1 aromatic rings. The molecule has 0 radical (unpaired) electrons. The fourth-order valence-electron chi connectivity index (χ4n) is 1.67. The largest absolute Gasteiger partial charge is 0.409 e. The topological polar surface area (TPSA) is 96.0 Å². The van der Waals surface area contributed by atoms with Crippen molar-refractivity contribution in [3.05, 3.63) is 29.3 Å². The lowest BCUT2D eigenvalue weighted by Gasteiger charge is -2.23. The maximum absolute atomic E-state index is 12.5. The van der Waals surface area contributed by atoms with Crippen LogP contribution in [0.4, 0.5) is 0 Å². The number of benzene rings is 1. The Balaban J connectivity index is 3.05. The van der Waals surface area contributed by atoms with E-state index in [1.807, 2.05) is 0 Å². The van der Waals surface area contributed by atoms with Gasteiger partial charge in [0.25, 0.3) is 0 Å². The van der Waals surface area contributed by atoms with E-state index >= 15 is 0 Å². The molecule has 0 spiro atoms. The van der Waals surface area contributed by atoms with Crippen molar-refractivity contribution in [3.63, 3.8) is 0 Å². The second kappa shape index (κ2) is 6.92. The smallest absolute Gasteiger partial charge is 0.243 e. The first kappa shape index (κ1) is 16.7. The van der Waals surface area contributed by atoms with Gasteiger partial charge in [0.15, 0.2) is 0 Å². The van der Waals surface area contributed by atoms with Crippen molar-refractivity contribution in [1.82, 2.24) is 4.31 Å². The molecule has 0 amide bonds. The van der Waals surface area contributed by atoms with Crippen LogP contribution in [-0.4, -0.2) is 36.9 Å². The molecule has 0 aliphatic rings. The molecule has 3 N–H and O–H groups in total. The fourth-order valence-corrected chi connectivity index (χ4v) is 3.51. The predicted molar refractivity (Wildman–Crippen MR) is 78.5 cm³/mol. The second-order valence-corrected chi connectivity index (χ2v) is 6.71. The summed E-state index contributed by atoms with van der Waals surface area (Å²) in [5.41, 5.74) is 5.48. The van der Waals surface area contributed by atoms with Gasteiger partial charge in [0.2, 0.25) is 10.0 Å². The van der Waals surface area contributed by atoms with Gasteiger partial charge < -0.3 is 10.9 Å². The quantitative estimate of drug-likeness (QED) is 0.361. The minimum absolute atomic E-state index is 0.00950. The zero-order valence-corrected chi connectivity index (χ0v) is 12.9. The molecule has 8 heteroatoms. The van der Waals surface area contributed by atoms with Gasteiger partial charge in [-0.05, 0) is 18.2 Å². The van der Waals surface area contributed by atoms with Crippen molar-refractivity contribution in [1.29, 1.82) is 0 Å². The Hall–Kier alpha value is -1.31. The van der Waals surface area contributed by atoms with Crippen LogP contribution in [0.2, 0.25) is 5.02 Å². The minimum atomic E-state index is -3.65. The molecular weight excluding hydrogens is 302 g/mol. The third-order valence-corrected chi connectivity index (χ3v) is 5.06. The average Bonchev–Trinajstić information content (AvgIpc) is 2.43. The maximum atomic E-state index is 12.5. The van der Waals surface area contributed by atoms with E-state index in [4.69, 9.17) is 22.5 Å². The fraction of sp³-hybridized carbons (Fsp3) is 0.417. The molecule has 0 saturated carbocycles. The number of hydrogen-bond acceptors (Lipinski definition) is 4. The van der Waals surface area contributed by atoms with Gasteiger partial charge in [-0.3, -0.25) is 0 Å². The van der Waals surface area contributed by atoms with E-state index in [9.17, 15) is 8.42 Å². The highest BCUT2D eigenvalue weighted by atomic mass is 35.5. The molecule has 0 aliphatic carbocycles. The number of halogens is 1. The third kappa shape index (κ3) is 3.84. The highest BCUT2D eigenvalue weighted by molar-refractivity contribution is 7.89. The van der Waals surface area contributed by atoms with Crippen LogP contribution in [0.3, 0.4) is 0 Å². The lowest BCUT2D eigenvalue weighted by atomic mass is 10.1. The summed E-state index contributed by atoms with van der Waals surface area (Å²) in [7, 11) is -3.65. The Bertz CT molecular complexity index is 589. The van der Waals surface area contributed by atoms with Crippen LogP contribution in [0.15, 0.2) is 34.3 Å². The van der Waals surface area contributed by atoms with Gasteiger partial charge in [0, 0.05) is 24.0 Å². The summed E-state index contributed by atoms with van der Waals surface area (Å²) in [6.45, 7) is 3.81. The number of hydrogen-bond donors (Lipinski definition) is 2. The Labute approximate surface area is 123 Å². The molecule has 0 saturated heterocycles. The third-order valence-electron chi connectivity index (χ3n) is 2.88. The van der Waals surface area contributed by atoms with E-state index in [0.29, 0.717) is 5.02 Å². The number of amidine groups is 1. The van der Waals surface area contributed by atoms with Crippen molar-refractivity contribution in [2.75, 3.05) is 13.1 Å². The molecule has 112 valence electrons. The summed E-state index contributed by atoms with van der Waals surface area (Å²) < 4.78 is 26.2. The van der Waals surface area contributed by atoms with Crippen LogP contribution >= 0.6 is 11.6 Å². The summed E-state index contributed by atoms with van der Waals surface area (Å²) >= 11 is 5.82. The lowest BCUT2D eigenvalue weighted by molar-refractivity contribution is 0.311. The summed E-state index contributed by atoms with van der Waals surface area (Å²) in [5.74, 6) is -0.404. The Morgan fingerprint density at radius 3 is 2.70 bits per heavy atom. The zero-order chi connectivity index (χ0) is 15.3. The summed E-state index contributed by atoms with van der Waals surface area (Å²) in [6.07, 6.45) is 0. The van der Waals surface area contributed by atoms with E-state index in [0.717, 1.165) is 0 Å². The van der Waals surface area contributed by atoms with Gasteiger partial charge in [-0.2, -0.15) is 4.31 Å². The van der Waals surface area contributed by atoms with Gasteiger partial charge in [0.1, 0.15) is 5.84 Å². The summed E-state index contributed by atoms with van der Waals surface area (Å²) in [6, 6.07) is 6.07. The Morgan fingerprint density at radius 1 is 1.55 bits per heavy atom. The lowest BCUT2D eigenvalue weighted by Crippen LogP contribution is -2.38. The number of rotatable bonds is 6. The molecule has 20 heavy (non-hydrogen) atoms. The van der Waals surface area contributed by atoms with Gasteiger partial charge in [-0.1, -0.05) is 36.7 Å². The molecule has 0 aliphatic heterocycles. The van der Waals surface area contributed by atoms with Crippen molar-refractivity contribution in [3.8, 4) is 0 Å². The van der Waals surface area contributed by atoms with Crippen LogP contribution < -0.4 is 5.73 Å². The second-order valence-electron chi connectivity index (χ2n) is 4.34. The standard InChI is InChI=1S/C12H18ClN3O3S/c1-3-16(8-9(2)12(14)15-17)20(18,19)11-6-4-5-10(13)7-11/h4-7,9,17H,3,8H2,1-2H3,(H2,14,15). The molecule has 0 fully saturated rings. The van der Waals surface area contributed by atoms with E-state index < -0.39 is 15.9 Å². The molecule has 6 nitrogen and oxygen atoms in total. The molecule has 0 bridgehead atoms. The number of nitrogens with two attached hydrogens (primary N) is 1. The first-order valence-corrected chi connectivity index (χ1v) is 7.87.